The van der Waals surface area contributed by atoms with Gasteiger partial charge in [0.25, 0.3) is 0 Å². The molecule has 0 aromatic heterocycles. The Morgan fingerprint density at radius 2 is 0.869 bits per heavy atom. The molecule has 0 bridgehead atoms. The summed E-state index contributed by atoms with van der Waals surface area (Å²) in [6.45, 7) is 3.24. The molecule has 3 rings (SSSR count). The molecular formula is C59H113NO23S. The topological polar surface area (TPSA) is 391 Å². The maximum atomic E-state index is 13.5. The first-order chi connectivity index (χ1) is 40.2. The van der Waals surface area contributed by atoms with Crippen molar-refractivity contribution in [2.75, 3.05) is 26.4 Å². The van der Waals surface area contributed by atoms with Crippen LogP contribution in [-0.2, 0) is 47.8 Å². The number of aliphatic hydroxyl groups is 12. The van der Waals surface area contributed by atoms with Gasteiger partial charge in [0.1, 0.15) is 85.5 Å². The quantitative estimate of drug-likeness (QED) is 0.0305. The maximum Gasteiger partial charge on any atom is 0.397 e. The first kappa shape index (κ1) is 76.9. The molecule has 3 aliphatic heterocycles. The Morgan fingerprint density at radius 3 is 1.30 bits per heavy atom. The molecule has 1 amide bonds. The average Bonchev–Trinajstić information content (AvgIpc) is 3.64. The average molecular weight is 1240 g/mol. The van der Waals surface area contributed by atoms with Gasteiger partial charge >= 0.3 is 10.4 Å². The summed E-state index contributed by atoms with van der Waals surface area (Å²) in [6.07, 6.45) is 0.319. The van der Waals surface area contributed by atoms with Gasteiger partial charge in [-0.2, -0.15) is 8.42 Å². The SMILES string of the molecule is CCCCCCCCCCCCCCCCCCCC[C@@H](O)C(=O)N[C@@H](CO[C@@H]1O[C@H](CO)[C@@H](O[C@@H]2O[C@H](CO)[C@H](O[C@@H]3O[C@H](CO)[C@H](O)[C@H](OS(=O)(=O)O)[C@H]3O)[C@H](O)[C@H]2O)[C@H](O)[C@H]1O)[C@H](O)[C@H](O)CCCCCCCCCCC[C@H](C)CC. The summed E-state index contributed by atoms with van der Waals surface area (Å²) in [5.41, 5.74) is 0. The van der Waals surface area contributed by atoms with Crippen molar-refractivity contribution in [3.8, 4) is 0 Å². The number of unbranched alkanes of at least 4 members (excludes halogenated alkanes) is 25. The highest BCUT2D eigenvalue weighted by molar-refractivity contribution is 7.80. The summed E-state index contributed by atoms with van der Waals surface area (Å²) in [7, 11) is -5.30. The predicted octanol–water partition coefficient (Wildman–Crippen LogP) is 3.61. The van der Waals surface area contributed by atoms with E-state index in [-0.39, 0.29) is 12.8 Å². The molecule has 84 heavy (non-hydrogen) atoms. The van der Waals surface area contributed by atoms with Crippen LogP contribution in [0.15, 0.2) is 0 Å². The van der Waals surface area contributed by atoms with Gasteiger partial charge in [-0.3, -0.25) is 9.35 Å². The highest BCUT2D eigenvalue weighted by Crippen LogP contribution is 2.34. The van der Waals surface area contributed by atoms with Crippen molar-refractivity contribution < 1.29 is 112 Å². The zero-order valence-electron chi connectivity index (χ0n) is 50.6. The Balaban J connectivity index is 1.56. The highest BCUT2D eigenvalue weighted by Gasteiger charge is 2.54. The third kappa shape index (κ3) is 28.2. The van der Waals surface area contributed by atoms with Crippen LogP contribution in [-0.4, -0.2) is 223 Å². The minimum Gasteiger partial charge on any atom is -0.394 e. The lowest BCUT2D eigenvalue weighted by Crippen LogP contribution is -2.67. The van der Waals surface area contributed by atoms with Gasteiger partial charge in [-0.05, 0) is 18.8 Å². The predicted molar refractivity (Wildman–Crippen MR) is 309 cm³/mol. The van der Waals surface area contributed by atoms with Crippen molar-refractivity contribution in [1.82, 2.24) is 5.32 Å². The largest absolute Gasteiger partial charge is 0.397 e. The van der Waals surface area contributed by atoms with E-state index in [0.29, 0.717) is 12.8 Å². The fraction of sp³-hybridized carbons (Fsp3) is 0.983. The molecule has 0 saturated carbocycles. The number of hydrogen-bond donors (Lipinski definition) is 14. The van der Waals surface area contributed by atoms with E-state index in [1.54, 1.807) is 0 Å². The zero-order chi connectivity index (χ0) is 62.0. The van der Waals surface area contributed by atoms with E-state index in [2.05, 4.69) is 30.3 Å². The number of amides is 1. The van der Waals surface area contributed by atoms with Crippen LogP contribution < -0.4 is 5.32 Å². The first-order valence-electron chi connectivity index (χ1n) is 32.0. The highest BCUT2D eigenvalue weighted by atomic mass is 32.3. The molecule has 0 radical (unpaired) electrons. The van der Waals surface area contributed by atoms with Crippen molar-refractivity contribution in [2.45, 2.75) is 336 Å². The number of hydrogen-bond acceptors (Lipinski definition) is 22. The maximum absolute atomic E-state index is 13.5. The van der Waals surface area contributed by atoms with Gasteiger partial charge in [0.15, 0.2) is 18.9 Å². The lowest BCUT2D eigenvalue weighted by atomic mass is 9.96. The van der Waals surface area contributed by atoms with Crippen LogP contribution in [0.1, 0.15) is 220 Å². The number of carbonyl (C=O) groups is 1. The Labute approximate surface area is 500 Å². The monoisotopic (exact) mass is 1240 g/mol. The van der Waals surface area contributed by atoms with Gasteiger partial charge in [0.2, 0.25) is 5.91 Å². The number of carbonyl (C=O) groups excluding carboxylic acids is 1. The minimum atomic E-state index is -5.30. The van der Waals surface area contributed by atoms with Crippen LogP contribution in [0.2, 0.25) is 0 Å². The van der Waals surface area contributed by atoms with Crippen LogP contribution in [0, 0.1) is 5.92 Å². The third-order valence-corrected chi connectivity index (χ3v) is 17.3. The fourth-order valence-corrected chi connectivity index (χ4v) is 11.7. The summed E-state index contributed by atoms with van der Waals surface area (Å²) in [4.78, 5) is 13.5. The van der Waals surface area contributed by atoms with E-state index >= 15 is 0 Å². The number of nitrogens with one attached hydrogen (secondary N) is 1. The van der Waals surface area contributed by atoms with Crippen LogP contribution in [0.25, 0.3) is 0 Å². The number of ether oxygens (including phenoxy) is 6. The Hall–Kier alpha value is -1.38. The summed E-state index contributed by atoms with van der Waals surface area (Å²) in [6, 6.07) is -1.36. The lowest BCUT2D eigenvalue weighted by molar-refractivity contribution is -0.379. The van der Waals surface area contributed by atoms with Crippen LogP contribution in [0.4, 0.5) is 0 Å². The number of rotatable bonds is 48. The Bertz CT molecular complexity index is 1780. The lowest BCUT2D eigenvalue weighted by Gasteiger charge is -2.48. The van der Waals surface area contributed by atoms with E-state index in [0.717, 1.165) is 57.3 Å². The van der Waals surface area contributed by atoms with E-state index < -0.39 is 159 Å². The summed E-state index contributed by atoms with van der Waals surface area (Å²) >= 11 is 0. The van der Waals surface area contributed by atoms with Crippen molar-refractivity contribution in [3.63, 3.8) is 0 Å². The Morgan fingerprint density at radius 1 is 0.488 bits per heavy atom. The third-order valence-electron chi connectivity index (χ3n) is 16.9. The summed E-state index contributed by atoms with van der Waals surface area (Å²) in [5, 5.41) is 133. The van der Waals surface area contributed by atoms with Crippen molar-refractivity contribution in [3.05, 3.63) is 0 Å². The molecule has 498 valence electrons. The van der Waals surface area contributed by atoms with Crippen molar-refractivity contribution in [2.24, 2.45) is 5.92 Å². The second kappa shape index (κ2) is 43.4. The standard InChI is InChI=1S/C59H113NO23S/c1-4-6-7-8-9-10-11-12-13-14-15-16-17-18-21-25-28-31-34-42(65)56(73)60-40(46(66)41(64)33-30-27-24-22-19-20-23-26-29-32-39(3)5-2)38-77-57-50(70)48(68)53(44(36-62)79-57)81-58-51(71)49(69)54(45(37-63)80-58)82-59-52(72)55(83-84(74,75)76)47(67)43(35-61)78-59/h39-55,57-59,61-72H,4-38H2,1-3H3,(H,60,73)(H,74,75,76)/t39-,40+,41-,42-,43-,44-,45-,46+,47+,48-,49-,50-,51-,52-,53-,54+,55+,57-,58+,59+/m1/s1. The second-order valence-corrected chi connectivity index (χ2v) is 25.0. The molecule has 20 atom stereocenters. The summed E-state index contributed by atoms with van der Waals surface area (Å²) < 4.78 is 70.5. The van der Waals surface area contributed by atoms with Crippen molar-refractivity contribution in [1.29, 1.82) is 0 Å². The van der Waals surface area contributed by atoms with E-state index in [4.69, 9.17) is 28.4 Å². The molecule has 0 unspecified atom stereocenters. The van der Waals surface area contributed by atoms with E-state index in [9.17, 15) is 79.0 Å². The molecule has 0 aromatic carbocycles. The minimum absolute atomic E-state index is 0.151. The summed E-state index contributed by atoms with van der Waals surface area (Å²) in [5.74, 6) is -0.0592. The van der Waals surface area contributed by atoms with E-state index in [1.165, 1.54) is 122 Å². The molecule has 25 heteroatoms. The zero-order valence-corrected chi connectivity index (χ0v) is 51.4. The molecular weight excluding hydrogens is 1120 g/mol. The van der Waals surface area contributed by atoms with Gasteiger partial charge in [-0.15, -0.1) is 0 Å². The first-order valence-corrected chi connectivity index (χ1v) is 33.4. The molecule has 3 fully saturated rings. The molecule has 0 aliphatic carbocycles. The van der Waals surface area contributed by atoms with Crippen LogP contribution >= 0.6 is 0 Å². The molecule has 24 nitrogen and oxygen atoms in total. The van der Waals surface area contributed by atoms with Gasteiger partial charge in [0, 0.05) is 0 Å². The molecule has 3 aliphatic rings. The molecule has 3 saturated heterocycles. The van der Waals surface area contributed by atoms with Crippen LogP contribution in [0.3, 0.4) is 0 Å². The van der Waals surface area contributed by atoms with E-state index in [1.807, 2.05) is 0 Å². The molecule has 0 aromatic rings. The molecule has 3 heterocycles. The van der Waals surface area contributed by atoms with Crippen molar-refractivity contribution >= 4 is 16.3 Å². The second-order valence-electron chi connectivity index (χ2n) is 23.9. The Kier molecular flexibility index (Phi) is 39.7. The number of aliphatic hydroxyl groups excluding tert-OH is 12. The van der Waals surface area contributed by atoms with Gasteiger partial charge in [-0.25, -0.2) is 4.18 Å². The van der Waals surface area contributed by atoms with Crippen LogP contribution in [0.5, 0.6) is 0 Å². The normalized spacial score (nSPS) is 30.5. The van der Waals surface area contributed by atoms with Gasteiger partial charge in [-0.1, -0.05) is 207 Å². The van der Waals surface area contributed by atoms with Gasteiger partial charge in [0.05, 0.1) is 38.6 Å². The smallest absolute Gasteiger partial charge is 0.394 e. The fourth-order valence-electron chi connectivity index (χ4n) is 11.2. The molecule has 0 spiro atoms. The molecule has 14 N–H and O–H groups in total. The van der Waals surface area contributed by atoms with Gasteiger partial charge < -0.3 is 95.0 Å².